The van der Waals surface area contributed by atoms with Gasteiger partial charge in [-0.1, -0.05) is 0 Å². The summed E-state index contributed by atoms with van der Waals surface area (Å²) in [5.74, 6) is -0.0427. The molecule has 1 saturated heterocycles. The minimum absolute atomic E-state index is 0.0427. The lowest BCUT2D eigenvalue weighted by Gasteiger charge is -2.52. The average Bonchev–Trinajstić information content (AvgIpc) is 3.65. The molecule has 0 aromatic carbocycles. The van der Waals surface area contributed by atoms with Crippen LogP contribution < -0.4 is 10.1 Å². The van der Waals surface area contributed by atoms with Crippen LogP contribution in [0.25, 0.3) is 22.3 Å². The van der Waals surface area contributed by atoms with Gasteiger partial charge in [0, 0.05) is 61.6 Å². The van der Waals surface area contributed by atoms with Crippen molar-refractivity contribution in [3.63, 3.8) is 0 Å². The van der Waals surface area contributed by atoms with Crippen molar-refractivity contribution >= 4 is 11.0 Å². The van der Waals surface area contributed by atoms with E-state index in [4.69, 9.17) is 4.74 Å². The number of pyridine rings is 1. The van der Waals surface area contributed by atoms with Crippen LogP contribution in [0.3, 0.4) is 0 Å². The number of nitrogens with one attached hydrogen (secondary N) is 2. The third kappa shape index (κ3) is 6.26. The van der Waals surface area contributed by atoms with Gasteiger partial charge in [0.05, 0.1) is 36.0 Å². The number of aromatic amines is 1. The van der Waals surface area contributed by atoms with Crippen LogP contribution in [-0.4, -0.2) is 77.6 Å². The number of hydrogen-bond acceptors (Lipinski definition) is 9. The highest BCUT2D eigenvalue weighted by Crippen LogP contribution is 2.45. The molecule has 1 aliphatic carbocycles. The van der Waals surface area contributed by atoms with Crippen LogP contribution >= 0.6 is 0 Å². The summed E-state index contributed by atoms with van der Waals surface area (Å²) in [4.78, 5) is 17.9. The first kappa shape index (κ1) is 30.0. The molecule has 0 unspecified atom stereocenters. The molecule has 1 saturated carbocycles. The molecule has 0 amide bonds. The number of H-pyrrole nitrogens is 1. The number of rotatable bonds is 10. The van der Waals surface area contributed by atoms with Gasteiger partial charge in [-0.05, 0) is 50.3 Å². The number of nitriles is 1. The van der Waals surface area contributed by atoms with E-state index in [1.165, 1.54) is 12.4 Å². The molecule has 1 aliphatic heterocycles. The minimum Gasteiger partial charge on any atom is -0.474 e. The van der Waals surface area contributed by atoms with Crippen LogP contribution in [0.2, 0.25) is 0 Å². The van der Waals surface area contributed by atoms with E-state index in [1.54, 1.807) is 13.1 Å². The number of aromatic nitrogens is 6. The minimum atomic E-state index is -4.60. The summed E-state index contributed by atoms with van der Waals surface area (Å²) in [6.07, 6.45) is 4.80. The van der Waals surface area contributed by atoms with Gasteiger partial charge in [-0.25, -0.2) is 15.0 Å². The molecule has 6 rings (SSSR count). The third-order valence-electron chi connectivity index (χ3n) is 8.54. The van der Waals surface area contributed by atoms with E-state index in [9.17, 15) is 23.5 Å². The second-order valence-electron chi connectivity index (χ2n) is 11.8. The van der Waals surface area contributed by atoms with E-state index in [0.29, 0.717) is 24.8 Å². The van der Waals surface area contributed by atoms with E-state index in [2.05, 4.69) is 41.3 Å². The maximum absolute atomic E-state index is 13.5. The number of likely N-dealkylation sites (tertiary alicyclic amines) is 1. The number of ether oxygens (including phenoxy) is 1. The van der Waals surface area contributed by atoms with E-state index in [1.807, 2.05) is 23.1 Å². The van der Waals surface area contributed by atoms with Crippen molar-refractivity contribution in [3.05, 3.63) is 54.4 Å². The highest BCUT2D eigenvalue weighted by molar-refractivity contribution is 5.90. The Bertz CT molecular complexity index is 1630. The quantitative estimate of drug-likeness (QED) is 0.243. The van der Waals surface area contributed by atoms with E-state index < -0.39 is 23.5 Å². The SMILES string of the molecule is C[C@@H](O)CNCc1cc(OC2CCN([C@H]3C[C@@](CC#N)(n4cc(-c5ncnc6[nH]ccc56)cn4)C3)CC2)nc(C(F)(F)F)c1. The molecule has 11 nitrogen and oxygen atoms in total. The molecule has 0 radical (unpaired) electrons. The number of aliphatic hydroxyl groups excluding tert-OH is 1. The van der Waals surface area contributed by atoms with Crippen LogP contribution in [0, 0.1) is 11.3 Å². The van der Waals surface area contributed by atoms with Crippen molar-refractivity contribution < 1.29 is 23.0 Å². The Morgan fingerprint density at radius 2 is 2.05 bits per heavy atom. The van der Waals surface area contributed by atoms with Crippen LogP contribution in [-0.2, 0) is 18.3 Å². The molecule has 3 N–H and O–H groups in total. The summed E-state index contributed by atoms with van der Waals surface area (Å²) in [5, 5.41) is 27.6. The first-order valence-electron chi connectivity index (χ1n) is 14.7. The fourth-order valence-corrected chi connectivity index (χ4v) is 6.26. The maximum Gasteiger partial charge on any atom is 0.433 e. The number of nitrogens with zero attached hydrogens (tertiary/aromatic N) is 7. The van der Waals surface area contributed by atoms with Crippen molar-refractivity contribution in [2.24, 2.45) is 0 Å². The van der Waals surface area contributed by atoms with Gasteiger partial charge < -0.3 is 20.1 Å². The molecule has 1 atom stereocenters. The maximum atomic E-state index is 13.5. The Morgan fingerprint density at radius 3 is 2.77 bits per heavy atom. The lowest BCUT2D eigenvalue weighted by atomic mass is 9.69. The normalized spacial score (nSPS) is 22.0. The molecule has 5 heterocycles. The Morgan fingerprint density at radius 1 is 1.25 bits per heavy atom. The van der Waals surface area contributed by atoms with Gasteiger partial charge in [0.2, 0.25) is 5.88 Å². The van der Waals surface area contributed by atoms with Crippen LogP contribution in [0.4, 0.5) is 13.2 Å². The van der Waals surface area contributed by atoms with Crippen LogP contribution in [0.5, 0.6) is 5.88 Å². The first-order valence-corrected chi connectivity index (χ1v) is 14.7. The summed E-state index contributed by atoms with van der Waals surface area (Å²) in [5.41, 5.74) is 1.38. The Balaban J connectivity index is 1.07. The first-order chi connectivity index (χ1) is 21.1. The van der Waals surface area contributed by atoms with Gasteiger partial charge in [0.1, 0.15) is 23.8 Å². The van der Waals surface area contributed by atoms with Crippen molar-refractivity contribution in [1.29, 1.82) is 5.26 Å². The number of fused-ring (bicyclic) bond motifs is 1. The standard InChI is InChI=1S/C30H34F3N9O2/c1-19(43)14-35-15-20-10-25(30(31,32)33)40-26(11-20)44-23-3-8-41(9-4-23)22-12-29(13-22,5-6-34)42-17-21(16-39-42)27-24-2-7-36-28(24)38-18-37-27/h2,7,10-11,16-19,22-23,35,43H,3-5,8-9,12-15H2,1H3,(H,36,37,38)/t19-,22-,29+/m1/s1. The predicted octanol–water partition coefficient (Wildman–Crippen LogP) is 4.02. The predicted molar refractivity (Wildman–Crippen MR) is 154 cm³/mol. The number of aliphatic hydroxyl groups is 1. The zero-order chi connectivity index (χ0) is 30.9. The lowest BCUT2D eigenvalue weighted by Crippen LogP contribution is -2.58. The molecule has 232 valence electrons. The highest BCUT2D eigenvalue weighted by Gasteiger charge is 2.49. The highest BCUT2D eigenvalue weighted by atomic mass is 19.4. The number of alkyl halides is 3. The summed E-state index contributed by atoms with van der Waals surface area (Å²) in [6.45, 7) is 3.48. The fraction of sp³-hybridized carbons (Fsp3) is 0.500. The Hall–Kier alpha value is -4.06. The van der Waals surface area contributed by atoms with Crippen LogP contribution in [0.15, 0.2) is 43.1 Å². The average molecular weight is 610 g/mol. The molecular weight excluding hydrogens is 575 g/mol. The van der Waals surface area contributed by atoms with Crippen LogP contribution in [0.1, 0.15) is 50.3 Å². The molecule has 0 spiro atoms. The van der Waals surface area contributed by atoms with E-state index >= 15 is 0 Å². The molecule has 2 aliphatic rings. The summed E-state index contributed by atoms with van der Waals surface area (Å²) in [6, 6.07) is 7.08. The number of hydrogen-bond donors (Lipinski definition) is 3. The van der Waals surface area contributed by atoms with Crippen molar-refractivity contribution in [3.8, 4) is 23.2 Å². The van der Waals surface area contributed by atoms with E-state index in [-0.39, 0.29) is 31.1 Å². The molecule has 4 aromatic rings. The van der Waals surface area contributed by atoms with Crippen molar-refractivity contribution in [1.82, 2.24) is 39.9 Å². The van der Waals surface area contributed by atoms with E-state index in [0.717, 1.165) is 54.3 Å². The molecule has 2 fully saturated rings. The molecule has 4 aromatic heterocycles. The summed E-state index contributed by atoms with van der Waals surface area (Å²) in [7, 11) is 0. The molecular formula is C30H34F3N9O2. The second kappa shape index (κ2) is 12.1. The van der Waals surface area contributed by atoms with Gasteiger partial charge in [0.15, 0.2) is 0 Å². The molecule has 44 heavy (non-hydrogen) atoms. The Kier molecular flexibility index (Phi) is 8.28. The molecule has 14 heteroatoms. The Labute approximate surface area is 252 Å². The van der Waals surface area contributed by atoms with Crippen molar-refractivity contribution in [2.75, 3.05) is 19.6 Å². The summed E-state index contributed by atoms with van der Waals surface area (Å²) >= 11 is 0. The van der Waals surface area contributed by atoms with Gasteiger partial charge in [-0.2, -0.15) is 23.5 Å². The van der Waals surface area contributed by atoms with Gasteiger partial charge in [0.25, 0.3) is 0 Å². The topological polar surface area (TPSA) is 141 Å². The smallest absolute Gasteiger partial charge is 0.433 e. The zero-order valence-corrected chi connectivity index (χ0v) is 24.3. The number of halogens is 3. The fourth-order valence-electron chi connectivity index (χ4n) is 6.26. The summed E-state index contributed by atoms with van der Waals surface area (Å²) < 4.78 is 48.4. The zero-order valence-electron chi connectivity index (χ0n) is 24.3. The second-order valence-corrected chi connectivity index (χ2v) is 11.8. The largest absolute Gasteiger partial charge is 0.474 e. The van der Waals surface area contributed by atoms with Gasteiger partial charge in [-0.3, -0.25) is 9.58 Å². The third-order valence-corrected chi connectivity index (χ3v) is 8.54. The lowest BCUT2D eigenvalue weighted by molar-refractivity contribution is -0.141. The van der Waals surface area contributed by atoms with Crippen molar-refractivity contribution in [2.45, 2.75) is 75.5 Å². The van der Waals surface area contributed by atoms with Gasteiger partial charge >= 0.3 is 6.18 Å². The monoisotopic (exact) mass is 609 g/mol. The molecule has 0 bridgehead atoms. The van der Waals surface area contributed by atoms with Gasteiger partial charge in [-0.15, -0.1) is 0 Å². The number of piperidine rings is 1.